The molecule has 4 nitrogen and oxygen atoms in total. The lowest BCUT2D eigenvalue weighted by atomic mass is 10.0. The molecule has 0 fully saturated rings. The Morgan fingerprint density at radius 2 is 1.83 bits per heavy atom. The van der Waals surface area contributed by atoms with Crippen molar-refractivity contribution in [2.45, 2.75) is 19.8 Å². The minimum atomic E-state index is -0.254. The van der Waals surface area contributed by atoms with E-state index >= 15 is 0 Å². The Morgan fingerprint density at radius 3 is 2.46 bits per heavy atom. The van der Waals surface area contributed by atoms with E-state index in [-0.39, 0.29) is 12.5 Å². The molecular formula is C18H19Cl2N3O. The van der Waals surface area contributed by atoms with E-state index in [0.29, 0.717) is 21.7 Å². The average molecular weight is 364 g/mol. The molecular weight excluding hydrogens is 345 g/mol. The molecule has 2 N–H and O–H groups in total. The van der Waals surface area contributed by atoms with Gasteiger partial charge in [0.1, 0.15) is 0 Å². The van der Waals surface area contributed by atoms with Gasteiger partial charge in [-0.05, 0) is 35.2 Å². The first-order valence-corrected chi connectivity index (χ1v) is 8.32. The highest BCUT2D eigenvalue weighted by atomic mass is 35.5. The predicted octanol–water partition coefficient (Wildman–Crippen LogP) is 4.68. The van der Waals surface area contributed by atoms with E-state index in [9.17, 15) is 4.79 Å². The lowest BCUT2D eigenvalue weighted by Crippen LogP contribution is -2.25. The Bertz CT molecular complexity index is 728. The quantitative estimate of drug-likeness (QED) is 0.578. The van der Waals surface area contributed by atoms with E-state index in [1.165, 1.54) is 5.56 Å². The molecule has 0 aliphatic heterocycles. The number of carbonyl (C=O) groups excluding carboxylic acids is 1. The predicted molar refractivity (Wildman–Crippen MR) is 101 cm³/mol. The lowest BCUT2D eigenvalue weighted by Gasteiger charge is -2.06. The van der Waals surface area contributed by atoms with Gasteiger partial charge in [-0.2, -0.15) is 5.10 Å². The second kappa shape index (κ2) is 8.71. The lowest BCUT2D eigenvalue weighted by molar-refractivity contribution is -0.119. The van der Waals surface area contributed by atoms with Gasteiger partial charge in [0, 0.05) is 5.69 Å². The molecule has 0 atom stereocenters. The van der Waals surface area contributed by atoms with Crippen molar-refractivity contribution in [2.75, 3.05) is 11.9 Å². The van der Waals surface area contributed by atoms with Crippen LogP contribution in [-0.4, -0.2) is 18.7 Å². The third-order valence-corrected chi connectivity index (χ3v) is 4.12. The van der Waals surface area contributed by atoms with E-state index in [1.807, 2.05) is 12.1 Å². The molecule has 2 aromatic carbocycles. The largest absolute Gasteiger partial charge is 0.376 e. The van der Waals surface area contributed by atoms with E-state index in [1.54, 1.807) is 24.4 Å². The maximum absolute atomic E-state index is 11.8. The molecule has 0 saturated carbocycles. The second-order valence-corrected chi connectivity index (χ2v) is 6.41. The fourth-order valence-electron chi connectivity index (χ4n) is 1.97. The van der Waals surface area contributed by atoms with Gasteiger partial charge >= 0.3 is 0 Å². The van der Waals surface area contributed by atoms with Crippen molar-refractivity contribution in [3.63, 3.8) is 0 Å². The first-order valence-electron chi connectivity index (χ1n) is 7.56. The van der Waals surface area contributed by atoms with Crippen molar-refractivity contribution < 1.29 is 4.79 Å². The molecule has 0 radical (unpaired) electrons. The van der Waals surface area contributed by atoms with Crippen molar-refractivity contribution in [2.24, 2.45) is 5.10 Å². The number of carbonyl (C=O) groups is 1. The van der Waals surface area contributed by atoms with Crippen LogP contribution < -0.4 is 10.7 Å². The maximum atomic E-state index is 11.8. The highest BCUT2D eigenvalue weighted by molar-refractivity contribution is 6.42. The summed E-state index contributed by atoms with van der Waals surface area (Å²) < 4.78 is 0. The summed E-state index contributed by atoms with van der Waals surface area (Å²) in [5.41, 5.74) is 5.38. The van der Waals surface area contributed by atoms with Crippen LogP contribution in [0.4, 0.5) is 5.69 Å². The van der Waals surface area contributed by atoms with Crippen LogP contribution in [0.2, 0.25) is 10.0 Å². The van der Waals surface area contributed by atoms with Gasteiger partial charge in [-0.3, -0.25) is 4.79 Å². The minimum Gasteiger partial charge on any atom is -0.376 e. The molecule has 6 heteroatoms. The number of amides is 1. The second-order valence-electron chi connectivity index (χ2n) is 5.60. The van der Waals surface area contributed by atoms with Gasteiger partial charge in [0.25, 0.3) is 5.91 Å². The summed E-state index contributed by atoms with van der Waals surface area (Å²) in [5, 5.41) is 7.81. The summed E-state index contributed by atoms with van der Waals surface area (Å²) in [5.74, 6) is 0.235. The minimum absolute atomic E-state index is 0.0849. The van der Waals surface area contributed by atoms with Gasteiger partial charge in [-0.1, -0.05) is 61.3 Å². The summed E-state index contributed by atoms with van der Waals surface area (Å²) >= 11 is 11.8. The van der Waals surface area contributed by atoms with E-state index in [4.69, 9.17) is 23.2 Å². The molecule has 0 heterocycles. The summed E-state index contributed by atoms with van der Waals surface area (Å²) in [6, 6.07) is 13.1. The molecule has 1 amide bonds. The van der Waals surface area contributed by atoms with Gasteiger partial charge < -0.3 is 5.32 Å². The zero-order chi connectivity index (χ0) is 17.5. The van der Waals surface area contributed by atoms with Crippen LogP contribution in [0.5, 0.6) is 0 Å². The first kappa shape index (κ1) is 18.3. The molecule has 0 aliphatic rings. The van der Waals surface area contributed by atoms with Crippen LogP contribution in [0.25, 0.3) is 0 Å². The Kier molecular flexibility index (Phi) is 6.64. The zero-order valence-electron chi connectivity index (χ0n) is 13.5. The Hall–Kier alpha value is -2.04. The van der Waals surface area contributed by atoms with Crippen LogP contribution in [0.3, 0.4) is 0 Å². The van der Waals surface area contributed by atoms with E-state index in [0.717, 1.165) is 5.56 Å². The summed E-state index contributed by atoms with van der Waals surface area (Å²) in [4.78, 5) is 11.8. The van der Waals surface area contributed by atoms with Gasteiger partial charge in [-0.15, -0.1) is 0 Å². The number of anilines is 1. The van der Waals surface area contributed by atoms with Crippen molar-refractivity contribution in [1.29, 1.82) is 0 Å². The highest BCUT2D eigenvalue weighted by Gasteiger charge is 2.02. The Balaban J connectivity index is 1.80. The molecule has 0 saturated heterocycles. The Morgan fingerprint density at radius 1 is 1.12 bits per heavy atom. The molecule has 2 rings (SSSR count). The SMILES string of the molecule is CC(C)c1ccc(C=NNC(=O)CNc2ccc(Cl)c(Cl)c2)cc1. The van der Waals surface area contributed by atoms with Crippen molar-refractivity contribution in [3.05, 3.63) is 63.6 Å². The molecule has 0 aliphatic carbocycles. The summed E-state index contributed by atoms with van der Waals surface area (Å²) in [6.45, 7) is 4.37. The fraction of sp³-hybridized carbons (Fsp3) is 0.222. The van der Waals surface area contributed by atoms with Crippen LogP contribution in [0, 0.1) is 0 Å². The van der Waals surface area contributed by atoms with Crippen molar-refractivity contribution >= 4 is 41.0 Å². The molecule has 0 aromatic heterocycles. The molecule has 2 aromatic rings. The molecule has 0 unspecified atom stereocenters. The van der Waals surface area contributed by atoms with Crippen molar-refractivity contribution in [1.82, 2.24) is 5.43 Å². The van der Waals surface area contributed by atoms with Gasteiger partial charge in [0.2, 0.25) is 0 Å². The number of hydrazone groups is 1. The van der Waals surface area contributed by atoms with Crippen LogP contribution >= 0.6 is 23.2 Å². The standard InChI is InChI=1S/C18H19Cl2N3O/c1-12(2)14-5-3-13(4-6-14)10-22-23-18(24)11-21-15-7-8-16(19)17(20)9-15/h3-10,12,21H,11H2,1-2H3,(H,23,24). The van der Waals surface area contributed by atoms with Crippen LogP contribution in [0.1, 0.15) is 30.9 Å². The molecule has 126 valence electrons. The highest BCUT2D eigenvalue weighted by Crippen LogP contribution is 2.24. The number of nitrogens with zero attached hydrogens (tertiary/aromatic N) is 1. The number of hydrogen-bond donors (Lipinski definition) is 2. The van der Waals surface area contributed by atoms with Gasteiger partial charge in [0.05, 0.1) is 22.8 Å². The summed E-state index contributed by atoms with van der Waals surface area (Å²) in [6.07, 6.45) is 1.61. The van der Waals surface area contributed by atoms with E-state index < -0.39 is 0 Å². The average Bonchev–Trinajstić information content (AvgIpc) is 2.56. The summed E-state index contributed by atoms with van der Waals surface area (Å²) in [7, 11) is 0. The molecule has 24 heavy (non-hydrogen) atoms. The van der Waals surface area contributed by atoms with Crippen LogP contribution in [-0.2, 0) is 4.79 Å². The smallest absolute Gasteiger partial charge is 0.259 e. The maximum Gasteiger partial charge on any atom is 0.259 e. The topological polar surface area (TPSA) is 53.5 Å². The third-order valence-electron chi connectivity index (χ3n) is 3.38. The van der Waals surface area contributed by atoms with Crippen LogP contribution in [0.15, 0.2) is 47.6 Å². The third kappa shape index (κ3) is 5.55. The normalized spacial score (nSPS) is 11.0. The molecule has 0 bridgehead atoms. The zero-order valence-corrected chi connectivity index (χ0v) is 15.0. The van der Waals surface area contributed by atoms with E-state index in [2.05, 4.69) is 41.8 Å². The van der Waals surface area contributed by atoms with Gasteiger partial charge in [0.15, 0.2) is 0 Å². The number of hydrogen-bond acceptors (Lipinski definition) is 3. The number of halogens is 2. The first-order chi connectivity index (χ1) is 11.5. The fourth-order valence-corrected chi connectivity index (χ4v) is 2.27. The van der Waals surface area contributed by atoms with Gasteiger partial charge in [-0.25, -0.2) is 5.43 Å². The Labute approximate surface area is 151 Å². The number of benzene rings is 2. The number of nitrogens with one attached hydrogen (secondary N) is 2. The molecule has 0 spiro atoms. The van der Waals surface area contributed by atoms with Crippen molar-refractivity contribution in [3.8, 4) is 0 Å². The monoisotopic (exact) mass is 363 g/mol. The number of rotatable bonds is 6.